The predicted molar refractivity (Wildman–Crippen MR) is 87.6 cm³/mol. The normalized spacial score (nSPS) is 14.4. The fourth-order valence-corrected chi connectivity index (χ4v) is 4.15. The van der Waals surface area contributed by atoms with Crippen molar-refractivity contribution < 1.29 is 26.7 Å². The van der Waals surface area contributed by atoms with Crippen molar-refractivity contribution in [3.05, 3.63) is 76.4 Å². The Hall–Kier alpha value is -2.07. The minimum atomic E-state index is -4.17. The monoisotopic (exact) mass is 385 g/mol. The fraction of sp³-hybridized carbons (Fsp3) is 0.125. The maximum atomic E-state index is 13.3. The van der Waals surface area contributed by atoms with Gasteiger partial charge in [-0.1, -0.05) is 6.07 Å². The topological polar surface area (TPSA) is 79.5 Å². The lowest BCUT2D eigenvalue weighted by Crippen LogP contribution is -2.41. The van der Waals surface area contributed by atoms with Crippen LogP contribution in [0.4, 0.5) is 8.78 Å². The second-order valence-electron chi connectivity index (χ2n) is 5.22. The van der Waals surface area contributed by atoms with E-state index in [1.54, 1.807) is 23.6 Å². The molecule has 0 aliphatic rings. The third kappa shape index (κ3) is 3.49. The van der Waals surface area contributed by atoms with Gasteiger partial charge >= 0.3 is 0 Å². The van der Waals surface area contributed by atoms with Gasteiger partial charge in [0.05, 0.1) is 17.7 Å². The molecule has 0 aliphatic carbocycles. The van der Waals surface area contributed by atoms with Crippen molar-refractivity contribution in [3.63, 3.8) is 0 Å². The minimum Gasteiger partial charge on any atom is -0.466 e. The molecule has 0 aliphatic heterocycles. The van der Waals surface area contributed by atoms with Gasteiger partial charge in [0.2, 0.25) is 10.0 Å². The molecule has 25 heavy (non-hydrogen) atoms. The Kier molecular flexibility index (Phi) is 4.74. The van der Waals surface area contributed by atoms with E-state index in [2.05, 4.69) is 4.72 Å². The van der Waals surface area contributed by atoms with E-state index in [0.29, 0.717) is 10.9 Å². The summed E-state index contributed by atoms with van der Waals surface area (Å²) in [5, 5.41) is 12.7. The fourth-order valence-electron chi connectivity index (χ4n) is 2.25. The second-order valence-corrected chi connectivity index (χ2v) is 7.93. The molecule has 132 valence electrons. The Morgan fingerprint density at radius 2 is 1.96 bits per heavy atom. The Morgan fingerprint density at radius 3 is 2.56 bits per heavy atom. The van der Waals surface area contributed by atoms with E-state index < -0.39 is 38.7 Å². The van der Waals surface area contributed by atoms with Crippen LogP contribution in [0.2, 0.25) is 0 Å². The number of sulfonamides is 1. The van der Waals surface area contributed by atoms with Crippen molar-refractivity contribution in [1.29, 1.82) is 0 Å². The highest BCUT2D eigenvalue weighted by molar-refractivity contribution is 7.89. The number of nitrogens with one attached hydrogen (secondary N) is 1. The first-order valence-corrected chi connectivity index (χ1v) is 9.44. The number of hydrogen-bond acceptors (Lipinski definition) is 5. The zero-order valence-electron chi connectivity index (χ0n) is 12.6. The molecule has 2 heterocycles. The lowest BCUT2D eigenvalue weighted by molar-refractivity contribution is 0.0655. The number of benzene rings is 1. The SMILES string of the molecule is O=S(=O)(NCC(O)(c1ccco1)c1cccs1)c1ccc(F)c(F)c1. The molecular weight excluding hydrogens is 372 g/mol. The standard InChI is InChI=1S/C16H13F2NO4S2/c17-12-6-5-11(9-13(12)18)25(21,22)19-10-16(20,14-3-1-7-23-14)15-4-2-8-24-15/h1-9,19-20H,10H2. The molecule has 1 atom stereocenters. The molecular formula is C16H13F2NO4S2. The second kappa shape index (κ2) is 6.68. The van der Waals surface area contributed by atoms with Gasteiger partial charge in [0.1, 0.15) is 5.76 Å². The smallest absolute Gasteiger partial charge is 0.240 e. The zero-order valence-corrected chi connectivity index (χ0v) is 14.3. The van der Waals surface area contributed by atoms with Crippen LogP contribution < -0.4 is 4.72 Å². The molecule has 3 aromatic rings. The van der Waals surface area contributed by atoms with Crippen molar-refractivity contribution in [2.45, 2.75) is 10.5 Å². The number of furan rings is 1. The van der Waals surface area contributed by atoms with Gasteiger partial charge in [-0.25, -0.2) is 21.9 Å². The lowest BCUT2D eigenvalue weighted by Gasteiger charge is -2.25. The van der Waals surface area contributed by atoms with E-state index in [0.717, 1.165) is 12.1 Å². The van der Waals surface area contributed by atoms with Crippen molar-refractivity contribution >= 4 is 21.4 Å². The Morgan fingerprint density at radius 1 is 1.16 bits per heavy atom. The van der Waals surface area contributed by atoms with Crippen molar-refractivity contribution in [1.82, 2.24) is 4.72 Å². The van der Waals surface area contributed by atoms with Gasteiger partial charge in [-0.2, -0.15) is 0 Å². The zero-order chi connectivity index (χ0) is 18.1. The summed E-state index contributed by atoms with van der Waals surface area (Å²) in [5.74, 6) is -2.27. The summed E-state index contributed by atoms with van der Waals surface area (Å²) in [6.45, 7) is -0.442. The van der Waals surface area contributed by atoms with Gasteiger partial charge < -0.3 is 9.52 Å². The van der Waals surface area contributed by atoms with Crippen LogP contribution >= 0.6 is 11.3 Å². The number of thiophene rings is 1. The summed E-state index contributed by atoms with van der Waals surface area (Å²) in [6.07, 6.45) is 1.36. The average molecular weight is 385 g/mol. The Balaban J connectivity index is 1.90. The summed E-state index contributed by atoms with van der Waals surface area (Å²) in [4.78, 5) is 0.0230. The highest BCUT2D eigenvalue weighted by atomic mass is 32.2. The molecule has 0 spiro atoms. The van der Waals surface area contributed by atoms with Crippen molar-refractivity contribution in [3.8, 4) is 0 Å². The summed E-state index contributed by atoms with van der Waals surface area (Å²) in [5.41, 5.74) is -1.73. The van der Waals surface area contributed by atoms with E-state index in [1.807, 2.05) is 0 Å². The molecule has 2 aromatic heterocycles. The summed E-state index contributed by atoms with van der Waals surface area (Å²) < 4.78 is 58.4. The van der Waals surface area contributed by atoms with Crippen LogP contribution in [0, 0.1) is 11.6 Å². The molecule has 3 rings (SSSR count). The first-order chi connectivity index (χ1) is 11.8. The molecule has 0 bridgehead atoms. The summed E-state index contributed by atoms with van der Waals surface area (Å²) >= 11 is 1.22. The Labute approximate surface area is 146 Å². The molecule has 9 heteroatoms. The van der Waals surface area contributed by atoms with E-state index >= 15 is 0 Å². The van der Waals surface area contributed by atoms with Crippen LogP contribution in [0.25, 0.3) is 0 Å². The van der Waals surface area contributed by atoms with E-state index in [1.165, 1.54) is 23.7 Å². The first kappa shape index (κ1) is 17.7. The maximum absolute atomic E-state index is 13.3. The molecule has 1 aromatic carbocycles. The summed E-state index contributed by atoms with van der Waals surface area (Å²) in [6, 6.07) is 8.68. The van der Waals surface area contributed by atoms with Crippen LogP contribution in [0.1, 0.15) is 10.6 Å². The highest BCUT2D eigenvalue weighted by Gasteiger charge is 2.37. The van der Waals surface area contributed by atoms with Crippen LogP contribution in [-0.4, -0.2) is 20.1 Å². The third-order valence-corrected chi connectivity index (χ3v) is 6.00. The molecule has 1 unspecified atom stereocenters. The molecule has 0 amide bonds. The van der Waals surface area contributed by atoms with Crippen molar-refractivity contribution in [2.24, 2.45) is 0 Å². The van der Waals surface area contributed by atoms with Crippen LogP contribution in [0.15, 0.2) is 63.4 Å². The average Bonchev–Trinajstić information content (AvgIpc) is 3.29. The van der Waals surface area contributed by atoms with Crippen LogP contribution in [0.3, 0.4) is 0 Å². The van der Waals surface area contributed by atoms with E-state index in [9.17, 15) is 22.3 Å². The van der Waals surface area contributed by atoms with Crippen molar-refractivity contribution in [2.75, 3.05) is 6.54 Å². The van der Waals surface area contributed by atoms with Crippen LogP contribution in [0.5, 0.6) is 0 Å². The Bertz CT molecular complexity index is 920. The molecule has 0 radical (unpaired) electrons. The highest BCUT2D eigenvalue weighted by Crippen LogP contribution is 2.33. The van der Waals surface area contributed by atoms with Gasteiger partial charge in [-0.05, 0) is 41.8 Å². The molecule has 0 saturated heterocycles. The molecule has 5 nitrogen and oxygen atoms in total. The quantitative estimate of drug-likeness (QED) is 0.684. The maximum Gasteiger partial charge on any atom is 0.240 e. The van der Waals surface area contributed by atoms with Crippen LogP contribution in [-0.2, 0) is 15.6 Å². The number of rotatable bonds is 6. The van der Waals surface area contributed by atoms with Gasteiger partial charge in [0.25, 0.3) is 0 Å². The minimum absolute atomic E-state index is 0.155. The third-order valence-electron chi connectivity index (χ3n) is 3.58. The lowest BCUT2D eigenvalue weighted by atomic mass is 9.99. The number of hydrogen-bond donors (Lipinski definition) is 2. The largest absolute Gasteiger partial charge is 0.466 e. The summed E-state index contributed by atoms with van der Waals surface area (Å²) in [7, 11) is -4.17. The van der Waals surface area contributed by atoms with Gasteiger partial charge in [0, 0.05) is 4.88 Å². The molecule has 0 saturated carbocycles. The van der Waals surface area contributed by atoms with Gasteiger partial charge in [-0.15, -0.1) is 11.3 Å². The van der Waals surface area contributed by atoms with Gasteiger partial charge in [-0.3, -0.25) is 0 Å². The molecule has 0 fully saturated rings. The van der Waals surface area contributed by atoms with Gasteiger partial charge in [0.15, 0.2) is 17.2 Å². The first-order valence-electron chi connectivity index (χ1n) is 7.08. The van der Waals surface area contributed by atoms with E-state index in [-0.39, 0.29) is 5.76 Å². The number of halogens is 2. The van der Waals surface area contributed by atoms with E-state index in [4.69, 9.17) is 4.42 Å². The number of aliphatic hydroxyl groups is 1. The molecule has 2 N–H and O–H groups in total. The predicted octanol–water partition coefficient (Wildman–Crippen LogP) is 2.83.